The van der Waals surface area contributed by atoms with Gasteiger partial charge in [0.15, 0.2) is 0 Å². The van der Waals surface area contributed by atoms with E-state index in [0.717, 1.165) is 27.7 Å². The monoisotopic (exact) mass is 632 g/mol. The average molecular weight is 638 g/mol. The smallest absolute Gasteiger partial charge is 0.0691 e. The minimum Gasteiger partial charge on any atom is -0.0691 e. The molecule has 0 atom stereocenters. The van der Waals surface area contributed by atoms with Gasteiger partial charge in [-0.15, -0.1) is 0 Å². The summed E-state index contributed by atoms with van der Waals surface area (Å²) in [5.41, 5.74) is 0. The number of allylic oxidation sites excluding steroid dienone is 5. The Morgan fingerprint density at radius 3 is 1.89 bits per heavy atom. The van der Waals surface area contributed by atoms with Gasteiger partial charge in [-0.3, -0.25) is 0 Å². The lowest BCUT2D eigenvalue weighted by atomic mass is 10.1. The number of rotatable bonds is 7. The molecule has 0 aliphatic rings. The molecule has 0 N–H and O–H groups in total. The molecule has 18 heavy (non-hydrogen) atoms. The fourth-order valence-corrected chi connectivity index (χ4v) is 4.03. The van der Waals surface area contributed by atoms with Crippen LogP contribution < -0.4 is 0 Å². The third-order valence-electron chi connectivity index (χ3n) is 2.14. The number of hydrogen-bond donors (Lipinski definition) is 0. The summed E-state index contributed by atoms with van der Waals surface area (Å²) >= 11 is 20.9. The zero-order chi connectivity index (χ0) is 14.1. The van der Waals surface area contributed by atoms with Crippen LogP contribution in [-0.4, -0.2) is 0 Å². The molecule has 0 amide bonds. The van der Waals surface area contributed by atoms with Crippen LogP contribution in [0.1, 0.15) is 39.0 Å². The van der Waals surface area contributed by atoms with E-state index in [0.29, 0.717) is 0 Å². The van der Waals surface area contributed by atoms with Crippen LogP contribution in [0, 0.1) is 0 Å². The number of hydrogen-bond acceptors (Lipinski definition) is 0. The zero-order valence-electron chi connectivity index (χ0n) is 9.88. The van der Waals surface area contributed by atoms with Gasteiger partial charge in [-0.1, -0.05) is 32.3 Å². The Kier molecular flexibility index (Phi) is 13.1. The van der Waals surface area contributed by atoms with E-state index < -0.39 is 0 Å². The topological polar surface area (TPSA) is 0 Å². The van der Waals surface area contributed by atoms with E-state index >= 15 is 0 Å². The highest BCUT2D eigenvalue weighted by Gasteiger charge is 2.09. The predicted molar refractivity (Wildman–Crippen MR) is 104 cm³/mol. The van der Waals surface area contributed by atoms with Crippen molar-refractivity contribution >= 4 is 95.6 Å². The highest BCUT2D eigenvalue weighted by molar-refractivity contribution is 9.29. The molecule has 0 rings (SSSR count). The zero-order valence-corrected chi connectivity index (χ0v) is 19.4. The quantitative estimate of drug-likeness (QED) is 0.194. The molecule has 0 saturated heterocycles. The fraction of sp³-hybridized carbons (Fsp3) is 0.500. The summed E-state index contributed by atoms with van der Waals surface area (Å²) in [5, 5.41) is 0. The third kappa shape index (κ3) is 8.40. The van der Waals surface area contributed by atoms with E-state index in [2.05, 4.69) is 109 Å². The highest BCUT2D eigenvalue weighted by Crippen LogP contribution is 2.40. The summed E-state index contributed by atoms with van der Waals surface area (Å²) in [5.74, 6) is 0. The lowest BCUT2D eigenvalue weighted by Crippen LogP contribution is -1.81. The first kappa shape index (κ1) is 20.1. The van der Waals surface area contributed by atoms with Gasteiger partial charge in [0.05, 0.1) is 7.87 Å². The Bertz CT molecular complexity index is 350. The van der Waals surface area contributed by atoms with Crippen molar-refractivity contribution in [3.8, 4) is 0 Å². The lowest BCUT2D eigenvalue weighted by Gasteiger charge is -2.04. The van der Waals surface area contributed by atoms with Gasteiger partial charge in [0.25, 0.3) is 0 Å². The van der Waals surface area contributed by atoms with Crippen molar-refractivity contribution < 1.29 is 0 Å². The van der Waals surface area contributed by atoms with Crippen molar-refractivity contribution in [1.29, 1.82) is 0 Å². The van der Waals surface area contributed by atoms with E-state index in [4.69, 9.17) is 0 Å². The maximum absolute atomic E-state index is 3.58. The molecule has 0 saturated carbocycles. The third-order valence-corrected chi connectivity index (χ3v) is 8.73. The standard InChI is InChI=1S/C12H14Br6/c1-2-3-4-5-6-7-8(13)9(14)10(15)11(16)12(17)18/h7H,2-6H2,1H3. The van der Waals surface area contributed by atoms with Crippen LogP contribution in [-0.2, 0) is 0 Å². The molecular formula is C12H14Br6. The predicted octanol–water partition coefficient (Wildman–Crippen LogP) is 8.59. The second-order valence-electron chi connectivity index (χ2n) is 3.60. The minimum absolute atomic E-state index is 0.863. The van der Waals surface area contributed by atoms with Crippen LogP contribution in [0.5, 0.6) is 0 Å². The molecule has 0 bridgehead atoms. The van der Waals surface area contributed by atoms with Crippen molar-refractivity contribution in [2.24, 2.45) is 0 Å². The molecule has 6 heteroatoms. The Morgan fingerprint density at radius 1 is 0.778 bits per heavy atom. The van der Waals surface area contributed by atoms with Gasteiger partial charge in [0.2, 0.25) is 0 Å². The van der Waals surface area contributed by atoms with Crippen molar-refractivity contribution in [3.63, 3.8) is 0 Å². The first-order valence-electron chi connectivity index (χ1n) is 5.54. The lowest BCUT2D eigenvalue weighted by molar-refractivity contribution is 0.674. The molecule has 0 aromatic carbocycles. The summed E-state index contributed by atoms with van der Waals surface area (Å²) in [4.78, 5) is 0. The van der Waals surface area contributed by atoms with E-state index in [1.54, 1.807) is 0 Å². The number of unbranched alkanes of at least 4 members (excludes halogenated alkanes) is 4. The summed E-state index contributed by atoms with van der Waals surface area (Å²) in [7, 11) is 0. The highest BCUT2D eigenvalue weighted by atomic mass is 79.9. The van der Waals surface area contributed by atoms with Gasteiger partial charge in [-0.2, -0.15) is 0 Å². The number of halogens is 6. The molecule has 104 valence electrons. The largest absolute Gasteiger partial charge is 0.0757 e. The maximum atomic E-state index is 3.58. The van der Waals surface area contributed by atoms with E-state index in [1.807, 2.05) is 0 Å². The second kappa shape index (κ2) is 11.7. The van der Waals surface area contributed by atoms with Crippen molar-refractivity contribution in [2.45, 2.75) is 39.0 Å². The molecule has 0 aliphatic heterocycles. The van der Waals surface area contributed by atoms with Crippen LogP contribution in [0.15, 0.2) is 27.4 Å². The van der Waals surface area contributed by atoms with E-state index in [-0.39, 0.29) is 0 Å². The molecule has 0 aromatic heterocycles. The van der Waals surface area contributed by atoms with Gasteiger partial charge < -0.3 is 0 Å². The summed E-state index contributed by atoms with van der Waals surface area (Å²) in [6, 6.07) is 0. The summed E-state index contributed by atoms with van der Waals surface area (Å²) < 4.78 is 4.78. The first-order valence-corrected chi connectivity index (χ1v) is 10.3. The van der Waals surface area contributed by atoms with Gasteiger partial charge in [0, 0.05) is 13.4 Å². The SMILES string of the molecule is CCCCCCC=C(Br)C(Br)=C(Br)C(Br)=C(Br)Br. The van der Waals surface area contributed by atoms with Crippen molar-refractivity contribution in [1.82, 2.24) is 0 Å². The molecule has 0 aliphatic carbocycles. The van der Waals surface area contributed by atoms with Gasteiger partial charge in [-0.25, -0.2) is 0 Å². The fourth-order valence-electron chi connectivity index (χ4n) is 1.17. The molecular weight excluding hydrogens is 624 g/mol. The van der Waals surface area contributed by atoms with E-state index in [9.17, 15) is 0 Å². The molecule has 0 spiro atoms. The summed E-state index contributed by atoms with van der Waals surface area (Å²) in [6.07, 6.45) is 8.41. The molecule has 0 fully saturated rings. The maximum Gasteiger partial charge on any atom is 0.0757 e. The Balaban J connectivity index is 4.58. The van der Waals surface area contributed by atoms with Gasteiger partial charge in [-0.05, 0) is 108 Å². The minimum atomic E-state index is 0.863. The van der Waals surface area contributed by atoms with Crippen LogP contribution in [0.25, 0.3) is 0 Å². The van der Waals surface area contributed by atoms with Gasteiger partial charge in [0.1, 0.15) is 0 Å². The first-order chi connectivity index (χ1) is 8.41. The molecule has 0 nitrogen and oxygen atoms in total. The van der Waals surface area contributed by atoms with E-state index in [1.165, 1.54) is 25.7 Å². The summed E-state index contributed by atoms with van der Waals surface area (Å²) in [6.45, 7) is 2.23. The van der Waals surface area contributed by atoms with Crippen LogP contribution >= 0.6 is 95.6 Å². The average Bonchev–Trinajstić information content (AvgIpc) is 2.35. The van der Waals surface area contributed by atoms with Crippen molar-refractivity contribution in [2.75, 3.05) is 0 Å². The molecule has 0 heterocycles. The van der Waals surface area contributed by atoms with Crippen LogP contribution in [0.2, 0.25) is 0 Å². The van der Waals surface area contributed by atoms with Gasteiger partial charge >= 0.3 is 0 Å². The van der Waals surface area contributed by atoms with Crippen molar-refractivity contribution in [3.05, 3.63) is 27.4 Å². The Hall–Kier alpha value is 2.10. The van der Waals surface area contributed by atoms with Crippen LogP contribution in [0.3, 0.4) is 0 Å². The normalized spacial score (nSPS) is 13.4. The Labute approximate surface area is 160 Å². The molecule has 0 unspecified atom stereocenters. The molecule has 0 aromatic rings. The second-order valence-corrected chi connectivity index (χ2v) is 9.49. The Morgan fingerprint density at radius 2 is 1.39 bits per heavy atom. The molecule has 0 radical (unpaired) electrons. The van der Waals surface area contributed by atoms with Crippen LogP contribution in [0.4, 0.5) is 0 Å².